The molecule has 10 heteroatoms. The van der Waals surface area contributed by atoms with Gasteiger partial charge >= 0.3 is 0 Å². The monoisotopic (exact) mass is 537 g/mol. The predicted octanol–water partition coefficient (Wildman–Crippen LogP) is 4.69. The maximum Gasteiger partial charge on any atom is 0.267 e. The van der Waals surface area contributed by atoms with Gasteiger partial charge in [-0.05, 0) is 53.3 Å². The fourth-order valence-corrected chi connectivity index (χ4v) is 5.85. The molecule has 6 rings (SSSR count). The summed E-state index contributed by atoms with van der Waals surface area (Å²) >= 11 is 1.40. The fourth-order valence-electron chi connectivity index (χ4n) is 5.09. The fraction of sp³-hybridized carbons (Fsp3) is 0.241. The Balaban J connectivity index is 1.18. The molecule has 1 fully saturated rings. The van der Waals surface area contributed by atoms with E-state index < -0.39 is 0 Å². The molecule has 2 aromatic carbocycles. The number of benzene rings is 2. The van der Waals surface area contributed by atoms with Gasteiger partial charge in [0, 0.05) is 49.1 Å². The second-order valence-electron chi connectivity index (χ2n) is 9.31. The molecule has 0 aliphatic carbocycles. The van der Waals surface area contributed by atoms with Crippen LogP contribution < -0.4 is 15.5 Å². The Hall–Kier alpha value is -4.46. The number of nitrogens with zero attached hydrogens (tertiary/aromatic N) is 5. The molecule has 0 bridgehead atoms. The highest BCUT2D eigenvalue weighted by Gasteiger charge is 2.28. The van der Waals surface area contributed by atoms with E-state index in [0.717, 1.165) is 46.4 Å². The molecule has 1 amide bonds. The molecule has 4 heterocycles. The van der Waals surface area contributed by atoms with Crippen LogP contribution in [0.1, 0.15) is 20.8 Å². The van der Waals surface area contributed by atoms with Crippen molar-refractivity contribution in [2.75, 3.05) is 48.4 Å². The van der Waals surface area contributed by atoms with Crippen LogP contribution in [-0.4, -0.2) is 54.6 Å². The normalized spacial score (nSPS) is 15.2. The lowest BCUT2D eigenvalue weighted by atomic mass is 10.1. The molecule has 4 aromatic rings. The van der Waals surface area contributed by atoms with E-state index in [1.54, 1.807) is 0 Å². The van der Waals surface area contributed by atoms with E-state index in [1.807, 2.05) is 66.3 Å². The van der Waals surface area contributed by atoms with Crippen LogP contribution in [0, 0.1) is 11.5 Å². The van der Waals surface area contributed by atoms with Crippen LogP contribution in [0.15, 0.2) is 71.2 Å². The van der Waals surface area contributed by atoms with Crippen molar-refractivity contribution in [3.63, 3.8) is 0 Å². The summed E-state index contributed by atoms with van der Waals surface area (Å²) in [7, 11) is 0. The van der Waals surface area contributed by atoms with E-state index in [9.17, 15) is 10.1 Å². The first-order chi connectivity index (χ1) is 19.2. The SMILES string of the molecule is N#CN=C(N1CCOCC1)N1CCc2ccc(NC(=O)c3sccc3NCc3ccnc4ccccc34)cc21. The number of guanidine groups is 1. The quantitative estimate of drug-likeness (QED) is 0.216. The summed E-state index contributed by atoms with van der Waals surface area (Å²) < 4.78 is 5.48. The molecular formula is C29H27N7O2S. The van der Waals surface area contributed by atoms with Crippen LogP contribution in [0.25, 0.3) is 10.9 Å². The number of thiophene rings is 1. The number of amides is 1. The van der Waals surface area contributed by atoms with Crippen LogP contribution in [0.5, 0.6) is 0 Å². The van der Waals surface area contributed by atoms with Gasteiger partial charge in [0.05, 0.1) is 24.4 Å². The Morgan fingerprint density at radius 2 is 2.00 bits per heavy atom. The highest BCUT2D eigenvalue weighted by molar-refractivity contribution is 7.12. The van der Waals surface area contributed by atoms with E-state index in [2.05, 4.69) is 36.5 Å². The van der Waals surface area contributed by atoms with Crippen molar-refractivity contribution in [3.8, 4) is 6.19 Å². The molecule has 0 spiro atoms. The van der Waals surface area contributed by atoms with Gasteiger partial charge in [-0.25, -0.2) is 0 Å². The van der Waals surface area contributed by atoms with Crippen LogP contribution in [0.2, 0.25) is 0 Å². The summed E-state index contributed by atoms with van der Waals surface area (Å²) in [6.07, 6.45) is 4.62. The number of nitrogens with one attached hydrogen (secondary N) is 2. The molecule has 0 radical (unpaired) electrons. The van der Waals surface area contributed by atoms with Crippen LogP contribution in [0.4, 0.5) is 17.1 Å². The Labute approximate surface area is 230 Å². The molecule has 2 aliphatic rings. The zero-order chi connectivity index (χ0) is 26.6. The number of carbonyl (C=O) groups is 1. The predicted molar refractivity (Wildman–Crippen MR) is 154 cm³/mol. The molecule has 1 saturated heterocycles. The number of hydrogen-bond acceptors (Lipinski definition) is 7. The van der Waals surface area contributed by atoms with Gasteiger partial charge in [-0.2, -0.15) is 5.26 Å². The second kappa shape index (κ2) is 11.1. The van der Waals surface area contributed by atoms with Crippen molar-refractivity contribution >= 4 is 51.2 Å². The summed E-state index contributed by atoms with van der Waals surface area (Å²) in [5.41, 5.74) is 5.67. The third kappa shape index (κ3) is 5.14. The van der Waals surface area contributed by atoms with Gasteiger partial charge in [-0.1, -0.05) is 24.3 Å². The third-order valence-corrected chi connectivity index (χ3v) is 7.92. The lowest BCUT2D eigenvalue weighted by Crippen LogP contribution is -2.48. The molecule has 2 aliphatic heterocycles. The number of morpholine rings is 1. The molecule has 0 saturated carbocycles. The molecule has 2 N–H and O–H groups in total. The summed E-state index contributed by atoms with van der Waals surface area (Å²) in [6, 6.07) is 17.9. The Bertz CT molecular complexity index is 1580. The summed E-state index contributed by atoms with van der Waals surface area (Å²) in [6.45, 7) is 3.90. The second-order valence-corrected chi connectivity index (χ2v) is 10.2. The summed E-state index contributed by atoms with van der Waals surface area (Å²) in [5, 5.41) is 18.9. The minimum atomic E-state index is -0.171. The zero-order valence-corrected chi connectivity index (χ0v) is 22.1. The van der Waals surface area contributed by atoms with Crippen molar-refractivity contribution in [1.29, 1.82) is 5.26 Å². The largest absolute Gasteiger partial charge is 0.380 e. The Kier molecular flexibility index (Phi) is 7.08. The lowest BCUT2D eigenvalue weighted by Gasteiger charge is -2.34. The van der Waals surface area contributed by atoms with Crippen molar-refractivity contribution in [3.05, 3.63) is 82.2 Å². The Morgan fingerprint density at radius 3 is 2.87 bits per heavy atom. The van der Waals surface area contributed by atoms with Crippen molar-refractivity contribution < 1.29 is 9.53 Å². The van der Waals surface area contributed by atoms with Gasteiger partial charge in [0.25, 0.3) is 5.91 Å². The highest BCUT2D eigenvalue weighted by Crippen LogP contribution is 2.33. The van der Waals surface area contributed by atoms with Crippen LogP contribution in [0.3, 0.4) is 0 Å². The first-order valence-corrected chi connectivity index (χ1v) is 13.7. The zero-order valence-electron chi connectivity index (χ0n) is 21.3. The van der Waals surface area contributed by atoms with Gasteiger partial charge in [0.15, 0.2) is 0 Å². The number of pyridine rings is 1. The van der Waals surface area contributed by atoms with Crippen molar-refractivity contribution in [2.45, 2.75) is 13.0 Å². The third-order valence-electron chi connectivity index (χ3n) is 7.00. The molecule has 39 heavy (non-hydrogen) atoms. The summed E-state index contributed by atoms with van der Waals surface area (Å²) in [5.74, 6) is 0.465. The van der Waals surface area contributed by atoms with Gasteiger partial charge in [0.2, 0.25) is 12.2 Å². The van der Waals surface area contributed by atoms with Gasteiger partial charge in [-0.3, -0.25) is 9.78 Å². The number of aromatic nitrogens is 1. The van der Waals surface area contributed by atoms with Crippen molar-refractivity contribution in [1.82, 2.24) is 9.88 Å². The Morgan fingerprint density at radius 1 is 1.13 bits per heavy atom. The molecule has 0 unspecified atom stereocenters. The molecule has 9 nitrogen and oxygen atoms in total. The number of aliphatic imine (C=N–C) groups is 1. The highest BCUT2D eigenvalue weighted by atomic mass is 32.1. The molecule has 2 aromatic heterocycles. The van der Waals surface area contributed by atoms with E-state index in [-0.39, 0.29) is 5.91 Å². The molecule has 196 valence electrons. The first-order valence-electron chi connectivity index (χ1n) is 12.9. The topological polar surface area (TPSA) is 106 Å². The number of rotatable bonds is 5. The maximum absolute atomic E-state index is 13.3. The van der Waals surface area contributed by atoms with E-state index in [0.29, 0.717) is 49.4 Å². The number of hydrogen-bond donors (Lipinski definition) is 2. The number of nitriles is 1. The van der Waals surface area contributed by atoms with E-state index in [4.69, 9.17) is 4.74 Å². The molecule has 0 atom stereocenters. The van der Waals surface area contributed by atoms with Crippen LogP contribution in [-0.2, 0) is 17.7 Å². The standard InChI is InChI=1S/C29H27N7O2S/c30-19-33-29(35-12-14-38-15-13-35)36-11-8-20-5-6-22(17-26(20)36)34-28(37)27-25(9-16-39-27)32-18-21-7-10-31-24-4-2-1-3-23(21)24/h1-7,9-10,16-17,32H,8,11-15,18H2,(H,34,37). The van der Waals surface area contributed by atoms with Crippen LogP contribution >= 0.6 is 11.3 Å². The number of carbonyl (C=O) groups excluding carboxylic acids is 1. The number of fused-ring (bicyclic) bond motifs is 2. The minimum absolute atomic E-state index is 0.171. The van der Waals surface area contributed by atoms with Gasteiger partial charge < -0.3 is 25.2 Å². The average molecular weight is 538 g/mol. The van der Waals surface area contributed by atoms with Gasteiger partial charge in [0.1, 0.15) is 4.88 Å². The van der Waals surface area contributed by atoms with Crippen molar-refractivity contribution in [2.24, 2.45) is 4.99 Å². The van der Waals surface area contributed by atoms with E-state index in [1.165, 1.54) is 11.3 Å². The average Bonchev–Trinajstić information content (AvgIpc) is 3.62. The minimum Gasteiger partial charge on any atom is -0.380 e. The summed E-state index contributed by atoms with van der Waals surface area (Å²) in [4.78, 5) is 26.7. The lowest BCUT2D eigenvalue weighted by molar-refractivity contribution is 0.0673. The number of anilines is 3. The number of ether oxygens (including phenoxy) is 1. The number of para-hydroxylation sites is 1. The first kappa shape index (κ1) is 24.9. The molecular weight excluding hydrogens is 510 g/mol. The van der Waals surface area contributed by atoms with E-state index >= 15 is 0 Å². The van der Waals surface area contributed by atoms with Gasteiger partial charge in [-0.15, -0.1) is 16.3 Å². The smallest absolute Gasteiger partial charge is 0.267 e. The maximum atomic E-state index is 13.3.